The Labute approximate surface area is 176 Å². The van der Waals surface area contributed by atoms with Crippen molar-refractivity contribution < 1.29 is 31.1 Å². The summed E-state index contributed by atoms with van der Waals surface area (Å²) >= 11 is 0. The van der Waals surface area contributed by atoms with Gasteiger partial charge in [-0.05, 0) is 36.4 Å². The molecule has 2 aromatic rings. The summed E-state index contributed by atoms with van der Waals surface area (Å²) in [4.78, 5) is 10.4. The molecular weight excluding hydrogens is 467 g/mol. The Balaban J connectivity index is 0.000000291. The highest BCUT2D eigenvalue weighted by atomic mass is 35.7. The van der Waals surface area contributed by atoms with Gasteiger partial charge < -0.3 is 15.2 Å². The topological polar surface area (TPSA) is 154 Å². The average Bonchev–Trinajstić information content (AvgIpc) is 2.65. The number of carbonyl (C=O) groups excluding carboxylic acids is 1. The molecule has 29 heavy (non-hydrogen) atoms. The van der Waals surface area contributed by atoms with Crippen molar-refractivity contribution in [3.8, 4) is 17.6 Å². The summed E-state index contributed by atoms with van der Waals surface area (Å²) in [6.07, 6.45) is 0. The monoisotopic (exact) mass is 480 g/mol. The molecule has 0 aliphatic rings. The van der Waals surface area contributed by atoms with E-state index < -0.39 is 24.0 Å². The average molecular weight is 481 g/mol. The van der Waals surface area contributed by atoms with Crippen LogP contribution in [0, 0.1) is 11.3 Å². The maximum absolute atomic E-state index is 11.1. The van der Waals surface area contributed by atoms with Gasteiger partial charge in [-0.2, -0.15) is 5.26 Å². The van der Waals surface area contributed by atoms with Gasteiger partial charge in [0.2, 0.25) is 5.91 Å². The third-order valence-corrected chi connectivity index (χ3v) is 5.95. The predicted octanol–water partition coefficient (Wildman–Crippen LogP) is 2.22. The highest BCUT2D eigenvalue weighted by Crippen LogP contribution is 2.28. The quantitative estimate of drug-likeness (QED) is 0.638. The fourth-order valence-corrected chi connectivity index (χ4v) is 4.00. The highest BCUT2D eigenvalue weighted by molar-refractivity contribution is 8.14. The highest BCUT2D eigenvalue weighted by Gasteiger charge is 2.18. The molecule has 1 amide bonds. The summed E-state index contributed by atoms with van der Waals surface area (Å²) in [5.41, 5.74) is 5.26. The maximum Gasteiger partial charge on any atom is 0.265 e. The van der Waals surface area contributed by atoms with Crippen LogP contribution in [0.5, 0.6) is 11.5 Å². The van der Waals surface area contributed by atoms with Gasteiger partial charge in [0.15, 0.2) is 0 Å². The van der Waals surface area contributed by atoms with Crippen LogP contribution in [0.1, 0.15) is 15.9 Å². The van der Waals surface area contributed by atoms with Crippen molar-refractivity contribution in [3.63, 3.8) is 0 Å². The standard InChI is InChI=1S/C8H8ClNO4S.C8H6ClNO3S/c1-14-6-3-2-5(8(10)11)4-7(6)15(9,12)13;1-13-7-3-2-6(5-10)4-8(7)14(9,11)12/h2-4H,1H3,(H2,10,11);2-4H,1H3. The summed E-state index contributed by atoms with van der Waals surface area (Å²) in [5, 5.41) is 8.56. The minimum atomic E-state index is -3.96. The zero-order valence-electron chi connectivity index (χ0n) is 14.9. The number of hydrogen-bond acceptors (Lipinski definition) is 8. The van der Waals surface area contributed by atoms with E-state index >= 15 is 0 Å². The van der Waals surface area contributed by atoms with Crippen LogP contribution in [0.25, 0.3) is 0 Å². The Kier molecular flexibility index (Phi) is 8.28. The van der Waals surface area contributed by atoms with E-state index in [-0.39, 0.29) is 32.4 Å². The lowest BCUT2D eigenvalue weighted by atomic mass is 10.2. The number of rotatable bonds is 5. The van der Waals surface area contributed by atoms with Gasteiger partial charge in [-0.25, -0.2) is 16.8 Å². The summed E-state index contributed by atoms with van der Waals surface area (Å²) < 4.78 is 53.9. The second kappa shape index (κ2) is 9.80. The van der Waals surface area contributed by atoms with Crippen LogP contribution in [-0.4, -0.2) is 37.0 Å². The Hall–Kier alpha value is -2.52. The lowest BCUT2D eigenvalue weighted by Gasteiger charge is -2.06. The number of primary amides is 1. The van der Waals surface area contributed by atoms with Crippen LogP contribution in [-0.2, 0) is 18.1 Å². The lowest BCUT2D eigenvalue weighted by molar-refractivity contribution is 0.1000. The molecular formula is C16H14Cl2N2O7S2. The smallest absolute Gasteiger partial charge is 0.265 e. The maximum atomic E-state index is 11.1. The first-order valence-electron chi connectivity index (χ1n) is 7.30. The molecule has 0 fully saturated rings. The molecule has 0 aliphatic heterocycles. The Morgan fingerprint density at radius 1 is 0.931 bits per heavy atom. The van der Waals surface area contributed by atoms with Crippen molar-refractivity contribution in [2.75, 3.05) is 14.2 Å². The van der Waals surface area contributed by atoms with Gasteiger partial charge in [-0.15, -0.1) is 0 Å². The van der Waals surface area contributed by atoms with Gasteiger partial charge in [0.05, 0.1) is 25.9 Å². The first kappa shape index (κ1) is 24.5. The molecule has 0 spiro atoms. The van der Waals surface area contributed by atoms with Gasteiger partial charge >= 0.3 is 0 Å². The van der Waals surface area contributed by atoms with Gasteiger partial charge in [0, 0.05) is 26.9 Å². The second-order valence-corrected chi connectivity index (χ2v) is 10.2. The summed E-state index contributed by atoms with van der Waals surface area (Å²) in [7, 11) is 5.09. The number of nitriles is 1. The van der Waals surface area contributed by atoms with Crippen LogP contribution in [0.4, 0.5) is 0 Å². The van der Waals surface area contributed by atoms with Crippen molar-refractivity contribution in [2.24, 2.45) is 5.73 Å². The van der Waals surface area contributed by atoms with Gasteiger partial charge in [-0.3, -0.25) is 4.79 Å². The number of nitrogens with zero attached hydrogens (tertiary/aromatic N) is 1. The summed E-state index contributed by atoms with van der Waals surface area (Å²) in [6.45, 7) is 0. The van der Waals surface area contributed by atoms with E-state index in [0.29, 0.717) is 0 Å². The van der Waals surface area contributed by atoms with Crippen LogP contribution < -0.4 is 15.2 Å². The molecule has 0 aliphatic carbocycles. The van der Waals surface area contributed by atoms with E-state index in [1.807, 2.05) is 6.07 Å². The molecule has 0 heterocycles. The SMILES string of the molecule is COc1ccc(C#N)cc1S(=O)(=O)Cl.COc1ccc(C(N)=O)cc1S(=O)(=O)Cl. The number of methoxy groups -OCH3 is 2. The van der Waals surface area contributed by atoms with Crippen molar-refractivity contribution in [1.29, 1.82) is 5.26 Å². The van der Waals surface area contributed by atoms with Crippen LogP contribution in [0.15, 0.2) is 46.2 Å². The third-order valence-electron chi connectivity index (χ3n) is 3.27. The number of nitrogens with two attached hydrogens (primary N) is 1. The van der Waals surface area contributed by atoms with E-state index in [9.17, 15) is 21.6 Å². The first-order valence-corrected chi connectivity index (χ1v) is 11.9. The number of ether oxygens (including phenoxy) is 2. The molecule has 0 saturated carbocycles. The molecule has 0 bridgehead atoms. The van der Waals surface area contributed by atoms with Crippen molar-refractivity contribution in [1.82, 2.24) is 0 Å². The van der Waals surface area contributed by atoms with Crippen LogP contribution in [0.2, 0.25) is 0 Å². The molecule has 2 N–H and O–H groups in total. The van der Waals surface area contributed by atoms with E-state index in [1.54, 1.807) is 0 Å². The molecule has 0 saturated heterocycles. The van der Waals surface area contributed by atoms with Gasteiger partial charge in [-0.1, -0.05) is 0 Å². The fourth-order valence-electron chi connectivity index (χ4n) is 1.96. The number of halogens is 2. The minimum absolute atomic E-state index is 0.0509. The molecule has 0 atom stereocenters. The first-order chi connectivity index (χ1) is 13.3. The number of hydrogen-bond donors (Lipinski definition) is 1. The second-order valence-electron chi connectivity index (χ2n) is 5.08. The minimum Gasteiger partial charge on any atom is -0.495 e. The zero-order chi connectivity index (χ0) is 22.4. The van der Waals surface area contributed by atoms with Crippen molar-refractivity contribution in [2.45, 2.75) is 9.79 Å². The third kappa shape index (κ3) is 6.79. The van der Waals surface area contributed by atoms with Crippen LogP contribution >= 0.6 is 21.4 Å². The fraction of sp³-hybridized carbons (Fsp3) is 0.125. The molecule has 2 rings (SSSR count). The molecule has 156 valence electrons. The van der Waals surface area contributed by atoms with E-state index in [2.05, 4.69) is 0 Å². The molecule has 0 unspecified atom stereocenters. The number of carbonyl (C=O) groups is 1. The number of benzene rings is 2. The molecule has 0 radical (unpaired) electrons. The largest absolute Gasteiger partial charge is 0.495 e. The molecule has 0 aromatic heterocycles. The van der Waals surface area contributed by atoms with E-state index in [4.69, 9.17) is 41.8 Å². The van der Waals surface area contributed by atoms with Gasteiger partial charge in [0.25, 0.3) is 18.1 Å². The summed E-state index contributed by atoms with van der Waals surface area (Å²) in [6, 6.07) is 9.55. The van der Waals surface area contributed by atoms with Crippen molar-refractivity contribution >= 4 is 45.4 Å². The Morgan fingerprint density at radius 2 is 1.38 bits per heavy atom. The number of amides is 1. The summed E-state index contributed by atoms with van der Waals surface area (Å²) in [5.74, 6) is -0.548. The Bertz CT molecular complexity index is 1170. The normalized spacial score (nSPS) is 10.9. The van der Waals surface area contributed by atoms with Gasteiger partial charge in [0.1, 0.15) is 21.3 Å². The Morgan fingerprint density at radius 3 is 1.76 bits per heavy atom. The van der Waals surface area contributed by atoms with E-state index in [1.165, 1.54) is 44.6 Å². The lowest BCUT2D eigenvalue weighted by Crippen LogP contribution is -2.11. The van der Waals surface area contributed by atoms with Crippen molar-refractivity contribution in [3.05, 3.63) is 47.5 Å². The predicted molar refractivity (Wildman–Crippen MR) is 105 cm³/mol. The molecule has 9 nitrogen and oxygen atoms in total. The molecule has 2 aromatic carbocycles. The van der Waals surface area contributed by atoms with Crippen LogP contribution in [0.3, 0.4) is 0 Å². The zero-order valence-corrected chi connectivity index (χ0v) is 18.1. The molecule has 13 heteroatoms. The van der Waals surface area contributed by atoms with E-state index in [0.717, 1.165) is 6.07 Å².